The minimum Gasteiger partial charge on any atom is -0.481 e. The van der Waals surface area contributed by atoms with Gasteiger partial charge in [-0.2, -0.15) is 0 Å². The van der Waals surface area contributed by atoms with E-state index >= 15 is 0 Å². The van der Waals surface area contributed by atoms with Crippen molar-refractivity contribution in [1.29, 1.82) is 0 Å². The molecule has 1 unspecified atom stereocenters. The molecule has 3 N–H and O–H groups in total. The summed E-state index contributed by atoms with van der Waals surface area (Å²) < 4.78 is 0.949. The smallest absolute Gasteiger partial charge is 0.315 e. The van der Waals surface area contributed by atoms with Crippen LogP contribution in [0.1, 0.15) is 25.8 Å². The summed E-state index contributed by atoms with van der Waals surface area (Å²) >= 11 is 3.36. The molecule has 116 valence electrons. The Morgan fingerprint density at radius 2 is 2.00 bits per heavy atom. The number of aliphatic carboxylic acids is 1. The highest BCUT2D eigenvalue weighted by Crippen LogP contribution is 2.12. The molecule has 1 rings (SSSR count). The van der Waals surface area contributed by atoms with Crippen LogP contribution < -0.4 is 10.6 Å². The topological polar surface area (TPSA) is 78.4 Å². The quantitative estimate of drug-likeness (QED) is 0.702. The number of urea groups is 1. The van der Waals surface area contributed by atoms with Crippen LogP contribution in [0.2, 0.25) is 0 Å². The van der Waals surface area contributed by atoms with E-state index in [0.717, 1.165) is 10.0 Å². The van der Waals surface area contributed by atoms with Crippen LogP contribution in [0.4, 0.5) is 4.79 Å². The standard InChI is InChI=1S/C15H21BrN2O3/c1-10(2)6-12(14(19)20)9-18-15(21)17-8-11-4-3-5-13(16)7-11/h3-5,7,10,12H,6,8-9H2,1-2H3,(H,19,20)(H2,17,18,21). The Labute approximate surface area is 133 Å². The van der Waals surface area contributed by atoms with Gasteiger partial charge in [-0.25, -0.2) is 4.79 Å². The zero-order valence-electron chi connectivity index (χ0n) is 12.2. The van der Waals surface area contributed by atoms with E-state index in [1.54, 1.807) is 0 Å². The van der Waals surface area contributed by atoms with Crippen molar-refractivity contribution in [2.24, 2.45) is 11.8 Å². The molecule has 0 fully saturated rings. The third-order valence-corrected chi connectivity index (χ3v) is 3.45. The van der Waals surface area contributed by atoms with E-state index in [0.29, 0.717) is 13.0 Å². The molecule has 6 heteroatoms. The number of carboxylic acids is 1. The zero-order valence-corrected chi connectivity index (χ0v) is 13.8. The second-order valence-electron chi connectivity index (χ2n) is 5.36. The second-order valence-corrected chi connectivity index (χ2v) is 6.27. The first-order valence-electron chi connectivity index (χ1n) is 6.87. The van der Waals surface area contributed by atoms with Gasteiger partial charge in [0.05, 0.1) is 5.92 Å². The van der Waals surface area contributed by atoms with Crippen LogP contribution in [0.25, 0.3) is 0 Å². The highest BCUT2D eigenvalue weighted by atomic mass is 79.9. The summed E-state index contributed by atoms with van der Waals surface area (Å²) in [4.78, 5) is 22.8. The molecule has 0 heterocycles. The Morgan fingerprint density at radius 1 is 1.29 bits per heavy atom. The predicted octanol–water partition coefficient (Wildman–Crippen LogP) is 3.00. The predicted molar refractivity (Wildman–Crippen MR) is 85.0 cm³/mol. The Bertz CT molecular complexity index is 492. The van der Waals surface area contributed by atoms with Gasteiger partial charge in [-0.15, -0.1) is 0 Å². The maximum absolute atomic E-state index is 11.7. The van der Waals surface area contributed by atoms with Crippen molar-refractivity contribution < 1.29 is 14.7 Å². The summed E-state index contributed by atoms with van der Waals surface area (Å²) in [5, 5.41) is 14.4. The van der Waals surface area contributed by atoms with Gasteiger partial charge in [0.1, 0.15) is 0 Å². The van der Waals surface area contributed by atoms with E-state index in [-0.39, 0.29) is 18.5 Å². The van der Waals surface area contributed by atoms with Crippen molar-refractivity contribution in [2.45, 2.75) is 26.8 Å². The summed E-state index contributed by atoms with van der Waals surface area (Å²) in [6.07, 6.45) is 0.543. The normalized spacial score (nSPS) is 12.0. The maximum atomic E-state index is 11.7. The van der Waals surface area contributed by atoms with Crippen LogP contribution in [-0.2, 0) is 11.3 Å². The highest BCUT2D eigenvalue weighted by Gasteiger charge is 2.19. The average Bonchev–Trinajstić information content (AvgIpc) is 2.40. The van der Waals surface area contributed by atoms with Crippen LogP contribution in [-0.4, -0.2) is 23.7 Å². The monoisotopic (exact) mass is 356 g/mol. The molecular weight excluding hydrogens is 336 g/mol. The molecule has 0 saturated heterocycles. The van der Waals surface area contributed by atoms with E-state index in [1.807, 2.05) is 38.1 Å². The molecular formula is C15H21BrN2O3. The first kappa shape index (κ1) is 17.5. The van der Waals surface area contributed by atoms with Gasteiger partial charge >= 0.3 is 12.0 Å². The lowest BCUT2D eigenvalue weighted by Crippen LogP contribution is -2.39. The van der Waals surface area contributed by atoms with Crippen LogP contribution in [0, 0.1) is 11.8 Å². The van der Waals surface area contributed by atoms with E-state index in [1.165, 1.54) is 0 Å². The minimum atomic E-state index is -0.879. The largest absolute Gasteiger partial charge is 0.481 e. The lowest BCUT2D eigenvalue weighted by atomic mass is 9.97. The molecule has 1 atom stereocenters. The lowest BCUT2D eigenvalue weighted by Gasteiger charge is -2.15. The fourth-order valence-corrected chi connectivity index (χ4v) is 2.39. The molecule has 0 spiro atoms. The number of rotatable bonds is 7. The number of nitrogens with one attached hydrogen (secondary N) is 2. The molecule has 0 radical (unpaired) electrons. The average molecular weight is 357 g/mol. The summed E-state index contributed by atoms with van der Waals surface area (Å²) in [6, 6.07) is 7.27. The van der Waals surface area contributed by atoms with Crippen molar-refractivity contribution in [2.75, 3.05) is 6.54 Å². The molecule has 1 aromatic rings. The van der Waals surface area contributed by atoms with Gasteiger partial charge in [0.15, 0.2) is 0 Å². The van der Waals surface area contributed by atoms with Crippen LogP contribution >= 0.6 is 15.9 Å². The van der Waals surface area contributed by atoms with Crippen molar-refractivity contribution in [3.63, 3.8) is 0 Å². The second kappa shape index (κ2) is 8.67. The number of carbonyl (C=O) groups is 2. The van der Waals surface area contributed by atoms with Gasteiger partial charge in [0.25, 0.3) is 0 Å². The molecule has 2 amide bonds. The molecule has 0 aliphatic rings. The molecule has 0 aromatic heterocycles. The first-order chi connectivity index (χ1) is 9.88. The Morgan fingerprint density at radius 3 is 2.57 bits per heavy atom. The number of carboxylic acid groups (broad SMARTS) is 1. The number of hydrogen-bond donors (Lipinski definition) is 3. The molecule has 0 aliphatic heterocycles. The maximum Gasteiger partial charge on any atom is 0.315 e. The van der Waals surface area contributed by atoms with Crippen LogP contribution in [0.5, 0.6) is 0 Å². The number of hydrogen-bond acceptors (Lipinski definition) is 2. The van der Waals surface area contributed by atoms with Crippen molar-refractivity contribution >= 4 is 27.9 Å². The Balaban J connectivity index is 2.37. The molecule has 0 saturated carbocycles. The Kier molecular flexibility index (Phi) is 7.22. The zero-order chi connectivity index (χ0) is 15.8. The van der Waals surface area contributed by atoms with Gasteiger partial charge in [-0.1, -0.05) is 41.9 Å². The number of halogens is 1. The van der Waals surface area contributed by atoms with Crippen molar-refractivity contribution in [1.82, 2.24) is 10.6 Å². The number of amides is 2. The van der Waals surface area contributed by atoms with Gasteiger partial charge in [0, 0.05) is 17.6 Å². The Hall–Kier alpha value is -1.56. The van der Waals surface area contributed by atoms with E-state index < -0.39 is 11.9 Å². The van der Waals surface area contributed by atoms with E-state index in [2.05, 4.69) is 26.6 Å². The van der Waals surface area contributed by atoms with Crippen LogP contribution in [0.3, 0.4) is 0 Å². The van der Waals surface area contributed by atoms with E-state index in [4.69, 9.17) is 5.11 Å². The van der Waals surface area contributed by atoms with Crippen molar-refractivity contribution in [3.05, 3.63) is 34.3 Å². The number of carbonyl (C=O) groups excluding carboxylic acids is 1. The SMILES string of the molecule is CC(C)CC(CNC(=O)NCc1cccc(Br)c1)C(=O)O. The molecule has 0 aliphatic carbocycles. The highest BCUT2D eigenvalue weighted by molar-refractivity contribution is 9.10. The van der Waals surface area contributed by atoms with Gasteiger partial charge in [-0.3, -0.25) is 4.79 Å². The third-order valence-electron chi connectivity index (χ3n) is 2.96. The fourth-order valence-electron chi connectivity index (χ4n) is 1.95. The van der Waals surface area contributed by atoms with Crippen molar-refractivity contribution in [3.8, 4) is 0 Å². The summed E-state index contributed by atoms with van der Waals surface area (Å²) in [5.41, 5.74) is 0.969. The summed E-state index contributed by atoms with van der Waals surface area (Å²) in [5.74, 6) is -1.16. The molecule has 21 heavy (non-hydrogen) atoms. The van der Waals surface area contributed by atoms with Gasteiger partial charge < -0.3 is 15.7 Å². The summed E-state index contributed by atoms with van der Waals surface area (Å²) in [7, 11) is 0. The molecule has 5 nitrogen and oxygen atoms in total. The first-order valence-corrected chi connectivity index (χ1v) is 7.66. The fraction of sp³-hybridized carbons (Fsp3) is 0.467. The summed E-state index contributed by atoms with van der Waals surface area (Å²) in [6.45, 7) is 4.46. The lowest BCUT2D eigenvalue weighted by molar-refractivity contribution is -0.142. The molecule has 1 aromatic carbocycles. The minimum absolute atomic E-state index is 0.137. The van der Waals surface area contributed by atoms with Crippen LogP contribution in [0.15, 0.2) is 28.7 Å². The third kappa shape index (κ3) is 7.13. The van der Waals surface area contributed by atoms with Gasteiger partial charge in [0.2, 0.25) is 0 Å². The van der Waals surface area contributed by atoms with E-state index in [9.17, 15) is 9.59 Å². The number of benzene rings is 1. The van der Waals surface area contributed by atoms with Gasteiger partial charge in [-0.05, 0) is 30.0 Å². The molecule has 0 bridgehead atoms.